The highest BCUT2D eigenvalue weighted by molar-refractivity contribution is 9.10. The second-order valence-corrected chi connectivity index (χ2v) is 6.57. The van der Waals surface area contributed by atoms with Gasteiger partial charge in [-0.15, -0.1) is 11.3 Å². The number of carbonyl (C=O) groups is 1. The third-order valence-electron chi connectivity index (χ3n) is 3.27. The molecule has 0 aliphatic rings. The highest BCUT2D eigenvalue weighted by Gasteiger charge is 2.11. The minimum absolute atomic E-state index is 0.312. The third kappa shape index (κ3) is 4.40. The number of esters is 1. The molecule has 0 radical (unpaired) electrons. The summed E-state index contributed by atoms with van der Waals surface area (Å²) in [5, 5.41) is 2.10. The van der Waals surface area contributed by atoms with Crippen LogP contribution < -0.4 is 0 Å². The van der Waals surface area contributed by atoms with E-state index in [1.54, 1.807) is 11.3 Å². The number of carbonyl (C=O) groups excluding carboxylic acids is 1. The maximum absolute atomic E-state index is 11.5. The molecule has 0 amide bonds. The van der Waals surface area contributed by atoms with Crippen molar-refractivity contribution < 1.29 is 9.53 Å². The van der Waals surface area contributed by atoms with Gasteiger partial charge in [0.2, 0.25) is 0 Å². The van der Waals surface area contributed by atoms with Gasteiger partial charge in [-0.05, 0) is 35.7 Å². The summed E-state index contributed by atoms with van der Waals surface area (Å²) in [6, 6.07) is 9.84. The summed E-state index contributed by atoms with van der Waals surface area (Å²) in [4.78, 5) is 15.2. The van der Waals surface area contributed by atoms with Crippen LogP contribution >= 0.6 is 27.3 Å². The monoisotopic (exact) mass is 367 g/mol. The largest absolute Gasteiger partial charge is 0.465 e. The van der Waals surface area contributed by atoms with Crippen LogP contribution in [0.4, 0.5) is 0 Å². The number of hydrogen-bond acceptors (Lipinski definition) is 4. The van der Waals surface area contributed by atoms with Crippen LogP contribution in [-0.4, -0.2) is 24.5 Å². The summed E-state index contributed by atoms with van der Waals surface area (Å²) in [5.74, 6) is -0.312. The highest BCUT2D eigenvalue weighted by atomic mass is 79.9. The van der Waals surface area contributed by atoms with Crippen LogP contribution in [-0.2, 0) is 17.8 Å². The first-order valence-electron chi connectivity index (χ1n) is 6.75. The lowest BCUT2D eigenvalue weighted by Gasteiger charge is -2.20. The lowest BCUT2D eigenvalue weighted by Crippen LogP contribution is -2.22. The summed E-state index contributed by atoms with van der Waals surface area (Å²) in [5.41, 5.74) is 1.73. The first-order valence-corrected chi connectivity index (χ1v) is 8.42. The number of thiophene rings is 1. The molecule has 0 saturated carbocycles. The van der Waals surface area contributed by atoms with E-state index >= 15 is 0 Å². The minimum Gasteiger partial charge on any atom is -0.465 e. The van der Waals surface area contributed by atoms with Gasteiger partial charge in [0.05, 0.1) is 12.7 Å². The molecule has 1 aromatic carbocycles. The lowest BCUT2D eigenvalue weighted by molar-refractivity contribution is 0.0600. The predicted molar refractivity (Wildman–Crippen MR) is 89.6 cm³/mol. The van der Waals surface area contributed by atoms with E-state index in [2.05, 4.69) is 45.3 Å². The number of halogens is 1. The number of benzene rings is 1. The van der Waals surface area contributed by atoms with Gasteiger partial charge in [0, 0.05) is 22.4 Å². The minimum atomic E-state index is -0.312. The Balaban J connectivity index is 2.08. The third-order valence-corrected chi connectivity index (χ3v) is 4.87. The maximum Gasteiger partial charge on any atom is 0.337 e. The van der Waals surface area contributed by atoms with Crippen LogP contribution in [0.2, 0.25) is 0 Å². The molecule has 0 aliphatic heterocycles. The van der Waals surface area contributed by atoms with E-state index in [1.165, 1.54) is 17.6 Å². The molecule has 1 heterocycles. The van der Waals surface area contributed by atoms with Crippen LogP contribution in [0.1, 0.15) is 27.7 Å². The molecule has 2 rings (SSSR count). The van der Waals surface area contributed by atoms with Crippen LogP contribution in [0.5, 0.6) is 0 Å². The molecule has 0 bridgehead atoms. The Bertz CT molecular complexity index is 598. The first-order chi connectivity index (χ1) is 10.1. The molecule has 0 spiro atoms. The number of hydrogen-bond donors (Lipinski definition) is 0. The van der Waals surface area contributed by atoms with Crippen LogP contribution in [0.25, 0.3) is 0 Å². The predicted octanol–water partition coefficient (Wildman–Crippen LogP) is 4.32. The van der Waals surface area contributed by atoms with Gasteiger partial charge in [0.15, 0.2) is 0 Å². The second kappa shape index (κ2) is 7.73. The van der Waals surface area contributed by atoms with Gasteiger partial charge in [-0.3, -0.25) is 4.90 Å². The highest BCUT2D eigenvalue weighted by Crippen LogP contribution is 2.22. The molecule has 21 heavy (non-hydrogen) atoms. The number of rotatable bonds is 6. The normalized spacial score (nSPS) is 10.9. The smallest absolute Gasteiger partial charge is 0.337 e. The van der Waals surface area contributed by atoms with Crippen molar-refractivity contribution in [1.29, 1.82) is 0 Å². The average Bonchev–Trinajstić information content (AvgIpc) is 3.00. The van der Waals surface area contributed by atoms with Gasteiger partial charge in [0.25, 0.3) is 0 Å². The van der Waals surface area contributed by atoms with E-state index in [0.717, 1.165) is 24.1 Å². The summed E-state index contributed by atoms with van der Waals surface area (Å²) < 4.78 is 5.67. The summed E-state index contributed by atoms with van der Waals surface area (Å²) in [6.07, 6.45) is 0. The van der Waals surface area contributed by atoms with Gasteiger partial charge in [0.1, 0.15) is 0 Å². The van der Waals surface area contributed by atoms with Gasteiger partial charge in [-0.2, -0.15) is 0 Å². The number of nitrogens with zero attached hydrogens (tertiary/aromatic N) is 1. The van der Waals surface area contributed by atoms with Crippen LogP contribution in [0.15, 0.2) is 40.2 Å². The lowest BCUT2D eigenvalue weighted by atomic mass is 10.1. The quantitative estimate of drug-likeness (QED) is 0.712. The van der Waals surface area contributed by atoms with Crippen molar-refractivity contribution in [3.63, 3.8) is 0 Å². The van der Waals surface area contributed by atoms with Crippen LogP contribution in [0.3, 0.4) is 0 Å². The van der Waals surface area contributed by atoms with Crippen molar-refractivity contribution in [2.45, 2.75) is 20.0 Å². The fourth-order valence-electron chi connectivity index (χ4n) is 2.06. The van der Waals surface area contributed by atoms with Crippen molar-refractivity contribution >= 4 is 33.2 Å². The average molecular weight is 368 g/mol. The molecule has 0 saturated heterocycles. The van der Waals surface area contributed by atoms with Crippen molar-refractivity contribution in [1.82, 2.24) is 4.90 Å². The molecule has 2 aromatic rings. The van der Waals surface area contributed by atoms with Crippen LogP contribution in [0, 0.1) is 0 Å². The van der Waals surface area contributed by atoms with E-state index < -0.39 is 0 Å². The molecule has 1 aromatic heterocycles. The van der Waals surface area contributed by atoms with E-state index in [-0.39, 0.29) is 5.97 Å². The zero-order chi connectivity index (χ0) is 15.2. The van der Waals surface area contributed by atoms with Gasteiger partial charge >= 0.3 is 5.97 Å². The molecule has 5 heteroatoms. The fraction of sp³-hybridized carbons (Fsp3) is 0.312. The van der Waals surface area contributed by atoms with Crippen molar-refractivity contribution in [2.75, 3.05) is 13.7 Å². The Morgan fingerprint density at radius 3 is 2.71 bits per heavy atom. The van der Waals surface area contributed by atoms with Gasteiger partial charge < -0.3 is 4.74 Å². The molecular weight excluding hydrogens is 350 g/mol. The molecule has 0 unspecified atom stereocenters. The molecular formula is C16H18BrNO2S. The van der Waals surface area contributed by atoms with E-state index in [9.17, 15) is 4.79 Å². The Morgan fingerprint density at radius 2 is 2.14 bits per heavy atom. The maximum atomic E-state index is 11.5. The molecule has 0 fully saturated rings. The summed E-state index contributed by atoms with van der Waals surface area (Å²) >= 11 is 5.32. The Kier molecular flexibility index (Phi) is 5.96. The van der Waals surface area contributed by atoms with E-state index in [1.807, 2.05) is 18.2 Å². The first kappa shape index (κ1) is 16.2. The molecule has 3 nitrogen and oxygen atoms in total. The zero-order valence-corrected chi connectivity index (χ0v) is 14.5. The summed E-state index contributed by atoms with van der Waals surface area (Å²) in [7, 11) is 1.39. The zero-order valence-electron chi connectivity index (χ0n) is 12.1. The van der Waals surface area contributed by atoms with Gasteiger partial charge in [-0.25, -0.2) is 4.79 Å². The van der Waals surface area contributed by atoms with E-state index in [4.69, 9.17) is 4.74 Å². The van der Waals surface area contributed by atoms with Gasteiger partial charge in [-0.1, -0.05) is 35.0 Å². The van der Waals surface area contributed by atoms with Crippen molar-refractivity contribution in [3.8, 4) is 0 Å². The SMILES string of the molecule is CCN(Cc1cccs1)Cc1ccc(C(=O)OC)cc1Br. The molecule has 112 valence electrons. The fourth-order valence-corrected chi connectivity index (χ4v) is 3.31. The number of ether oxygens (including phenoxy) is 1. The standard InChI is InChI=1S/C16H18BrNO2S/c1-3-18(11-14-5-4-8-21-14)10-13-7-6-12(9-15(13)17)16(19)20-2/h4-9H,3,10-11H2,1-2H3. The topological polar surface area (TPSA) is 29.5 Å². The number of methoxy groups -OCH3 is 1. The summed E-state index contributed by atoms with van der Waals surface area (Å²) in [6.45, 7) is 4.92. The molecule has 0 aliphatic carbocycles. The van der Waals surface area contributed by atoms with Crippen molar-refractivity contribution in [2.24, 2.45) is 0 Å². The Morgan fingerprint density at radius 1 is 1.33 bits per heavy atom. The second-order valence-electron chi connectivity index (χ2n) is 4.68. The van der Waals surface area contributed by atoms with E-state index in [0.29, 0.717) is 5.56 Å². The molecule has 0 N–H and O–H groups in total. The Hall–Kier alpha value is -1.17. The van der Waals surface area contributed by atoms with Crippen molar-refractivity contribution in [3.05, 3.63) is 56.2 Å². The Labute approximate surface area is 137 Å². The molecule has 0 atom stereocenters.